The Hall–Kier alpha value is -1.51. The second-order valence-electron chi connectivity index (χ2n) is 4.38. The molecule has 1 aliphatic heterocycles. The van der Waals surface area contributed by atoms with Crippen molar-refractivity contribution in [2.24, 2.45) is 0 Å². The van der Waals surface area contributed by atoms with E-state index in [-0.39, 0.29) is 11.7 Å². The minimum absolute atomic E-state index is 0.233. The van der Waals surface area contributed by atoms with E-state index < -0.39 is 0 Å². The average molecular weight is 219 g/mol. The molecule has 16 heavy (non-hydrogen) atoms. The normalized spacial score (nSPS) is 18.4. The molecule has 0 bridgehead atoms. The number of nitrogens with zero attached hydrogens (tertiary/aromatic N) is 1. The van der Waals surface area contributed by atoms with Crippen LogP contribution in [0.2, 0.25) is 0 Å². The van der Waals surface area contributed by atoms with Gasteiger partial charge in [-0.05, 0) is 19.1 Å². The Balaban J connectivity index is 2.41. The van der Waals surface area contributed by atoms with Crippen LogP contribution in [0.4, 0.5) is 5.69 Å². The second kappa shape index (κ2) is 4.16. The summed E-state index contributed by atoms with van der Waals surface area (Å²) in [7, 11) is 3.73. The molecule has 0 spiro atoms. The van der Waals surface area contributed by atoms with E-state index in [1.165, 1.54) is 11.3 Å². The summed E-state index contributed by atoms with van der Waals surface area (Å²) in [4.78, 5) is 13.4. The highest BCUT2D eigenvalue weighted by atomic mass is 16.5. The van der Waals surface area contributed by atoms with Crippen LogP contribution in [0.15, 0.2) is 18.2 Å². The molecule has 0 N–H and O–H groups in total. The van der Waals surface area contributed by atoms with Gasteiger partial charge in [0, 0.05) is 37.2 Å². The third kappa shape index (κ3) is 1.77. The Morgan fingerprint density at radius 1 is 1.56 bits per heavy atom. The average Bonchev–Trinajstić information content (AvgIpc) is 2.55. The smallest absolute Gasteiger partial charge is 0.130 e. The molecule has 0 radical (unpaired) electrons. The molecule has 0 aliphatic carbocycles. The zero-order chi connectivity index (χ0) is 11.7. The first kappa shape index (κ1) is 11.0. The second-order valence-corrected chi connectivity index (χ2v) is 4.38. The van der Waals surface area contributed by atoms with E-state index in [1.807, 2.05) is 12.1 Å². The van der Waals surface area contributed by atoms with Crippen LogP contribution in [-0.4, -0.2) is 26.5 Å². The van der Waals surface area contributed by atoms with Crippen molar-refractivity contribution in [3.63, 3.8) is 0 Å². The van der Waals surface area contributed by atoms with E-state index in [9.17, 15) is 4.79 Å². The summed E-state index contributed by atoms with van der Waals surface area (Å²) in [5.41, 5.74) is 2.37. The maximum absolute atomic E-state index is 11.3. The lowest BCUT2D eigenvalue weighted by Crippen LogP contribution is -2.16. The molecule has 1 atom stereocenters. The van der Waals surface area contributed by atoms with Gasteiger partial charge in [-0.3, -0.25) is 0 Å². The quantitative estimate of drug-likeness (QED) is 0.780. The van der Waals surface area contributed by atoms with E-state index in [0.717, 1.165) is 12.3 Å². The summed E-state index contributed by atoms with van der Waals surface area (Å²) >= 11 is 0. The highest BCUT2D eigenvalue weighted by Crippen LogP contribution is 2.42. The third-order valence-electron chi connectivity index (χ3n) is 3.11. The van der Waals surface area contributed by atoms with Gasteiger partial charge in [0.15, 0.2) is 0 Å². The summed E-state index contributed by atoms with van der Waals surface area (Å²) in [6.45, 7) is 2.54. The number of methoxy groups -OCH3 is 1. The molecule has 0 fully saturated rings. The van der Waals surface area contributed by atoms with Crippen LogP contribution < -0.4 is 9.64 Å². The fourth-order valence-electron chi connectivity index (χ4n) is 2.49. The SMILES string of the molecule is COc1cccc2c1C(CC(C)=O)CN2C. The molecular formula is C13H17NO2. The van der Waals surface area contributed by atoms with E-state index in [0.29, 0.717) is 6.42 Å². The van der Waals surface area contributed by atoms with Crippen molar-refractivity contribution in [1.82, 2.24) is 0 Å². The van der Waals surface area contributed by atoms with Gasteiger partial charge in [0.1, 0.15) is 11.5 Å². The van der Waals surface area contributed by atoms with E-state index in [4.69, 9.17) is 4.74 Å². The van der Waals surface area contributed by atoms with E-state index in [2.05, 4.69) is 18.0 Å². The van der Waals surface area contributed by atoms with E-state index in [1.54, 1.807) is 14.0 Å². The number of hydrogen-bond donors (Lipinski definition) is 0. The van der Waals surface area contributed by atoms with Crippen LogP contribution in [-0.2, 0) is 4.79 Å². The Kier molecular flexibility index (Phi) is 2.86. The van der Waals surface area contributed by atoms with Gasteiger partial charge in [-0.1, -0.05) is 6.07 Å². The lowest BCUT2D eigenvalue weighted by atomic mass is 9.95. The van der Waals surface area contributed by atoms with Crippen molar-refractivity contribution in [2.75, 3.05) is 25.6 Å². The number of rotatable bonds is 3. The predicted molar refractivity (Wildman–Crippen MR) is 64.3 cm³/mol. The first-order chi connectivity index (χ1) is 7.63. The number of hydrogen-bond acceptors (Lipinski definition) is 3. The van der Waals surface area contributed by atoms with Crippen molar-refractivity contribution in [3.8, 4) is 5.75 Å². The Labute approximate surface area is 96.0 Å². The van der Waals surface area contributed by atoms with Crippen molar-refractivity contribution < 1.29 is 9.53 Å². The minimum Gasteiger partial charge on any atom is -0.496 e. The summed E-state index contributed by atoms with van der Waals surface area (Å²) < 4.78 is 5.38. The van der Waals surface area contributed by atoms with Gasteiger partial charge < -0.3 is 14.4 Å². The first-order valence-corrected chi connectivity index (χ1v) is 5.51. The summed E-state index contributed by atoms with van der Waals surface area (Å²) in [5, 5.41) is 0. The highest BCUT2D eigenvalue weighted by Gasteiger charge is 2.30. The molecule has 1 aliphatic rings. The fraction of sp³-hybridized carbons (Fsp3) is 0.462. The number of carbonyl (C=O) groups excluding carboxylic acids is 1. The molecular weight excluding hydrogens is 202 g/mol. The van der Waals surface area contributed by atoms with Crippen molar-refractivity contribution in [3.05, 3.63) is 23.8 Å². The molecule has 0 saturated carbocycles. The Bertz CT molecular complexity index is 414. The first-order valence-electron chi connectivity index (χ1n) is 5.51. The van der Waals surface area contributed by atoms with Crippen LogP contribution in [0.3, 0.4) is 0 Å². The summed E-state index contributed by atoms with van der Waals surface area (Å²) in [6.07, 6.45) is 0.595. The molecule has 1 aromatic carbocycles. The van der Waals surface area contributed by atoms with Gasteiger partial charge >= 0.3 is 0 Å². The monoisotopic (exact) mass is 219 g/mol. The molecule has 3 heteroatoms. The number of anilines is 1. The molecule has 86 valence electrons. The van der Waals surface area contributed by atoms with Crippen LogP contribution in [0.25, 0.3) is 0 Å². The van der Waals surface area contributed by atoms with Crippen molar-refractivity contribution in [1.29, 1.82) is 0 Å². The number of benzene rings is 1. The Morgan fingerprint density at radius 3 is 2.94 bits per heavy atom. The molecule has 0 aromatic heterocycles. The van der Waals surface area contributed by atoms with Gasteiger partial charge in [0.05, 0.1) is 7.11 Å². The van der Waals surface area contributed by atoms with Crippen LogP contribution in [0.1, 0.15) is 24.8 Å². The predicted octanol–water partition coefficient (Wildman–Crippen LogP) is 2.21. The number of Topliss-reactive ketones (excluding diaryl/α,β-unsaturated/α-hetero) is 1. The van der Waals surface area contributed by atoms with Crippen molar-refractivity contribution >= 4 is 11.5 Å². The number of fused-ring (bicyclic) bond motifs is 1. The van der Waals surface area contributed by atoms with E-state index >= 15 is 0 Å². The lowest BCUT2D eigenvalue weighted by molar-refractivity contribution is -0.117. The van der Waals surface area contributed by atoms with Gasteiger partial charge in [0.25, 0.3) is 0 Å². The highest BCUT2D eigenvalue weighted by molar-refractivity contribution is 5.78. The molecule has 3 nitrogen and oxygen atoms in total. The zero-order valence-corrected chi connectivity index (χ0v) is 9.99. The maximum atomic E-state index is 11.3. The van der Waals surface area contributed by atoms with Gasteiger partial charge in [-0.2, -0.15) is 0 Å². The number of ether oxygens (including phenoxy) is 1. The number of likely N-dealkylation sites (N-methyl/N-ethyl adjacent to an activating group) is 1. The fourth-order valence-corrected chi connectivity index (χ4v) is 2.49. The molecule has 1 aromatic rings. The standard InChI is InChI=1S/C13H17NO2/c1-9(15)7-10-8-14(2)11-5-4-6-12(16-3)13(10)11/h4-6,10H,7-8H2,1-3H3. The van der Waals surface area contributed by atoms with Gasteiger partial charge in [0.2, 0.25) is 0 Å². The zero-order valence-electron chi connectivity index (χ0n) is 9.99. The van der Waals surface area contributed by atoms with Gasteiger partial charge in [-0.15, -0.1) is 0 Å². The topological polar surface area (TPSA) is 29.5 Å². The maximum Gasteiger partial charge on any atom is 0.130 e. The van der Waals surface area contributed by atoms with Gasteiger partial charge in [-0.25, -0.2) is 0 Å². The molecule has 2 rings (SSSR count). The number of ketones is 1. The molecule has 0 amide bonds. The third-order valence-corrected chi connectivity index (χ3v) is 3.11. The molecule has 1 heterocycles. The summed E-state index contributed by atoms with van der Waals surface area (Å²) in [6, 6.07) is 6.04. The number of carbonyl (C=O) groups is 1. The van der Waals surface area contributed by atoms with Crippen molar-refractivity contribution in [2.45, 2.75) is 19.3 Å². The molecule has 1 unspecified atom stereocenters. The van der Waals surface area contributed by atoms with Crippen LogP contribution in [0.5, 0.6) is 5.75 Å². The van der Waals surface area contributed by atoms with Crippen LogP contribution >= 0.6 is 0 Å². The van der Waals surface area contributed by atoms with Crippen LogP contribution in [0, 0.1) is 0 Å². The largest absolute Gasteiger partial charge is 0.496 e. The lowest BCUT2D eigenvalue weighted by Gasteiger charge is -2.12. The Morgan fingerprint density at radius 2 is 2.31 bits per heavy atom. The minimum atomic E-state index is 0.233. The molecule has 0 saturated heterocycles. The summed E-state index contributed by atoms with van der Waals surface area (Å²) in [5.74, 6) is 1.40.